The second kappa shape index (κ2) is 8.62. The number of oxazole rings is 1. The van der Waals surface area contributed by atoms with Crippen molar-refractivity contribution >= 4 is 61.6 Å². The molecule has 0 unspecified atom stereocenters. The summed E-state index contributed by atoms with van der Waals surface area (Å²) < 4.78 is 6.71. The predicted molar refractivity (Wildman–Crippen MR) is 124 cm³/mol. The molecule has 154 valence electrons. The number of benzene rings is 3. The maximum atomic E-state index is 12.4. The highest BCUT2D eigenvalue weighted by Gasteiger charge is 2.20. The number of thiocarbonyl (C=S) groups is 1. The molecule has 4 rings (SSSR count). The van der Waals surface area contributed by atoms with E-state index in [1.54, 1.807) is 24.3 Å². The van der Waals surface area contributed by atoms with Crippen molar-refractivity contribution in [2.45, 2.75) is 0 Å². The van der Waals surface area contributed by atoms with Gasteiger partial charge in [0, 0.05) is 21.8 Å². The zero-order valence-corrected chi connectivity index (χ0v) is 18.1. The lowest BCUT2D eigenvalue weighted by atomic mass is 10.1. The Labute approximate surface area is 189 Å². The first-order valence-electron chi connectivity index (χ1n) is 8.93. The number of hydrogen-bond acceptors (Lipinski definition) is 6. The number of carbonyl (C=O) groups is 1. The van der Waals surface area contributed by atoms with Crippen LogP contribution in [-0.2, 0) is 0 Å². The van der Waals surface area contributed by atoms with Crippen molar-refractivity contribution in [2.24, 2.45) is 0 Å². The number of anilines is 1. The van der Waals surface area contributed by atoms with E-state index in [0.717, 1.165) is 10.0 Å². The Bertz CT molecular complexity index is 1340. The molecule has 0 aliphatic heterocycles. The maximum absolute atomic E-state index is 12.4. The number of fused-ring (bicyclic) bond motifs is 1. The van der Waals surface area contributed by atoms with Gasteiger partial charge in [-0.15, -0.1) is 0 Å². The fraction of sp³-hybridized carbons (Fsp3) is 0. The van der Waals surface area contributed by atoms with Crippen LogP contribution in [0.15, 0.2) is 75.6 Å². The Morgan fingerprint density at radius 1 is 1.10 bits per heavy atom. The van der Waals surface area contributed by atoms with Gasteiger partial charge in [-0.05, 0) is 54.7 Å². The van der Waals surface area contributed by atoms with E-state index >= 15 is 0 Å². The third-order valence-electron chi connectivity index (χ3n) is 4.29. The van der Waals surface area contributed by atoms with Crippen LogP contribution in [0, 0.1) is 10.1 Å². The molecule has 1 heterocycles. The van der Waals surface area contributed by atoms with Crippen LogP contribution in [0.3, 0.4) is 0 Å². The molecule has 0 atom stereocenters. The molecule has 0 saturated carbocycles. The number of nitrogens with one attached hydrogen (secondary N) is 2. The summed E-state index contributed by atoms with van der Waals surface area (Å²) in [6, 6.07) is 18.4. The molecule has 0 aliphatic carbocycles. The number of nitro benzene ring substituents is 1. The molecule has 8 nitrogen and oxygen atoms in total. The third kappa shape index (κ3) is 4.60. The largest absolute Gasteiger partial charge is 0.436 e. The van der Waals surface area contributed by atoms with Crippen LogP contribution in [-0.4, -0.2) is 20.9 Å². The van der Waals surface area contributed by atoms with Crippen LogP contribution in [0.25, 0.3) is 22.6 Å². The number of hydrogen-bond donors (Lipinski definition) is 2. The molecule has 31 heavy (non-hydrogen) atoms. The quantitative estimate of drug-likeness (QED) is 0.224. The van der Waals surface area contributed by atoms with Crippen molar-refractivity contribution in [3.8, 4) is 11.5 Å². The summed E-state index contributed by atoms with van der Waals surface area (Å²) in [5.74, 6) is -0.204. The van der Waals surface area contributed by atoms with E-state index < -0.39 is 10.8 Å². The standard InChI is InChI=1S/C21H13BrN4O4S/c22-13-5-3-4-12(10-13)20-24-16-11-14(8-9-18(16)30-20)23-21(31)25-19(27)15-6-1-2-7-17(15)26(28)29/h1-11H,(H2,23,25,27,31). The summed E-state index contributed by atoms with van der Waals surface area (Å²) in [6.07, 6.45) is 0. The second-order valence-electron chi connectivity index (χ2n) is 6.39. The van der Waals surface area contributed by atoms with Gasteiger partial charge in [-0.1, -0.05) is 34.1 Å². The molecule has 4 aromatic rings. The minimum atomic E-state index is -0.677. The SMILES string of the molecule is O=C(NC(=S)Nc1ccc2oc(-c3cccc(Br)c3)nc2c1)c1ccccc1[N+](=O)[O-]. The van der Waals surface area contributed by atoms with Crippen molar-refractivity contribution < 1.29 is 14.1 Å². The Morgan fingerprint density at radius 3 is 2.68 bits per heavy atom. The first-order valence-corrected chi connectivity index (χ1v) is 10.1. The Morgan fingerprint density at radius 2 is 1.90 bits per heavy atom. The van der Waals surface area contributed by atoms with Crippen LogP contribution in [0.2, 0.25) is 0 Å². The van der Waals surface area contributed by atoms with Gasteiger partial charge in [-0.25, -0.2) is 4.98 Å². The molecular formula is C21H13BrN4O4S. The number of halogens is 1. The summed E-state index contributed by atoms with van der Waals surface area (Å²) in [7, 11) is 0. The van der Waals surface area contributed by atoms with Crippen molar-refractivity contribution in [3.05, 3.63) is 86.9 Å². The van der Waals surface area contributed by atoms with Gasteiger partial charge in [0.2, 0.25) is 5.89 Å². The highest BCUT2D eigenvalue weighted by molar-refractivity contribution is 9.10. The average Bonchev–Trinajstić information content (AvgIpc) is 3.17. The van der Waals surface area contributed by atoms with Crippen molar-refractivity contribution in [3.63, 3.8) is 0 Å². The fourth-order valence-corrected chi connectivity index (χ4v) is 3.52. The number of nitrogens with zero attached hydrogens (tertiary/aromatic N) is 2. The molecule has 10 heteroatoms. The van der Waals surface area contributed by atoms with E-state index in [2.05, 4.69) is 31.5 Å². The van der Waals surface area contributed by atoms with Crippen LogP contribution in [0.5, 0.6) is 0 Å². The van der Waals surface area contributed by atoms with Gasteiger partial charge < -0.3 is 9.73 Å². The fourth-order valence-electron chi connectivity index (χ4n) is 2.91. The summed E-state index contributed by atoms with van der Waals surface area (Å²) in [4.78, 5) is 27.4. The molecule has 1 aromatic heterocycles. The van der Waals surface area contributed by atoms with Gasteiger partial charge in [0.1, 0.15) is 11.1 Å². The molecule has 2 N–H and O–H groups in total. The van der Waals surface area contributed by atoms with Gasteiger partial charge in [-0.2, -0.15) is 0 Å². The zero-order valence-electron chi connectivity index (χ0n) is 15.7. The van der Waals surface area contributed by atoms with Crippen molar-refractivity contribution in [1.82, 2.24) is 10.3 Å². The van der Waals surface area contributed by atoms with Crippen molar-refractivity contribution in [2.75, 3.05) is 5.32 Å². The Balaban J connectivity index is 1.50. The first kappa shape index (κ1) is 20.6. The van der Waals surface area contributed by atoms with Crippen LogP contribution >= 0.6 is 28.1 Å². The lowest BCUT2D eigenvalue weighted by molar-refractivity contribution is -0.385. The van der Waals surface area contributed by atoms with E-state index in [9.17, 15) is 14.9 Å². The molecule has 0 fully saturated rings. The van der Waals surface area contributed by atoms with Crippen molar-refractivity contribution in [1.29, 1.82) is 0 Å². The van der Waals surface area contributed by atoms with E-state index in [1.807, 2.05) is 24.3 Å². The molecular weight excluding hydrogens is 484 g/mol. The highest BCUT2D eigenvalue weighted by Crippen LogP contribution is 2.28. The molecule has 0 aliphatic rings. The number of carbonyl (C=O) groups excluding carboxylic acids is 1. The smallest absolute Gasteiger partial charge is 0.282 e. The summed E-state index contributed by atoms with van der Waals surface area (Å²) in [5.41, 5.74) is 2.22. The molecule has 0 radical (unpaired) electrons. The first-order chi connectivity index (χ1) is 14.9. The zero-order chi connectivity index (χ0) is 22.0. The molecule has 0 spiro atoms. The normalized spacial score (nSPS) is 10.6. The minimum Gasteiger partial charge on any atom is -0.436 e. The van der Waals surface area contributed by atoms with Crippen LogP contribution in [0.1, 0.15) is 10.4 Å². The van der Waals surface area contributed by atoms with Gasteiger partial charge in [0.15, 0.2) is 10.7 Å². The van der Waals surface area contributed by atoms with E-state index in [-0.39, 0.29) is 16.4 Å². The maximum Gasteiger partial charge on any atom is 0.282 e. The molecule has 0 bridgehead atoms. The van der Waals surface area contributed by atoms with Gasteiger partial charge in [0.25, 0.3) is 11.6 Å². The Hall–Kier alpha value is -3.63. The monoisotopic (exact) mass is 496 g/mol. The Kier molecular flexibility index (Phi) is 5.74. The lowest BCUT2D eigenvalue weighted by Gasteiger charge is -2.09. The molecule has 1 amide bonds. The number of aromatic nitrogens is 1. The summed E-state index contributed by atoms with van der Waals surface area (Å²) in [6.45, 7) is 0. The van der Waals surface area contributed by atoms with E-state index in [4.69, 9.17) is 16.6 Å². The second-order valence-corrected chi connectivity index (χ2v) is 7.72. The van der Waals surface area contributed by atoms with Crippen LogP contribution in [0.4, 0.5) is 11.4 Å². The molecule has 0 saturated heterocycles. The predicted octanol–water partition coefficient (Wildman–Crippen LogP) is 5.29. The van der Waals surface area contributed by atoms with E-state index in [0.29, 0.717) is 22.7 Å². The summed E-state index contributed by atoms with van der Waals surface area (Å²) in [5, 5.41) is 16.4. The van der Waals surface area contributed by atoms with Gasteiger partial charge >= 0.3 is 0 Å². The van der Waals surface area contributed by atoms with Gasteiger partial charge in [-0.3, -0.25) is 20.2 Å². The van der Waals surface area contributed by atoms with Crippen LogP contribution < -0.4 is 10.6 Å². The van der Waals surface area contributed by atoms with E-state index in [1.165, 1.54) is 18.2 Å². The highest BCUT2D eigenvalue weighted by atomic mass is 79.9. The topological polar surface area (TPSA) is 110 Å². The molecule has 3 aromatic carbocycles. The lowest BCUT2D eigenvalue weighted by Crippen LogP contribution is -2.34. The average molecular weight is 497 g/mol. The minimum absolute atomic E-state index is 0.00166. The summed E-state index contributed by atoms with van der Waals surface area (Å²) >= 11 is 8.60. The number of rotatable bonds is 4. The third-order valence-corrected chi connectivity index (χ3v) is 4.99. The van der Waals surface area contributed by atoms with Gasteiger partial charge in [0.05, 0.1) is 4.92 Å². The number of nitro groups is 1. The number of amides is 1. The number of para-hydroxylation sites is 1.